The Bertz CT molecular complexity index is 676. The van der Waals surface area contributed by atoms with Gasteiger partial charge in [0.05, 0.1) is 12.1 Å². The summed E-state index contributed by atoms with van der Waals surface area (Å²) in [7, 11) is 0. The molecule has 1 atom stereocenters. The van der Waals surface area contributed by atoms with E-state index in [9.17, 15) is 4.79 Å². The average Bonchev–Trinajstić information content (AvgIpc) is 2.93. The van der Waals surface area contributed by atoms with Gasteiger partial charge in [-0.2, -0.15) is 0 Å². The number of hydrogen-bond acceptors (Lipinski definition) is 4. The van der Waals surface area contributed by atoms with Crippen LogP contribution < -0.4 is 5.32 Å². The van der Waals surface area contributed by atoms with Crippen molar-refractivity contribution in [1.82, 2.24) is 10.3 Å². The summed E-state index contributed by atoms with van der Waals surface area (Å²) >= 11 is 15.2. The zero-order chi connectivity index (χ0) is 16.8. The van der Waals surface area contributed by atoms with Crippen LogP contribution >= 0.6 is 46.3 Å². The molecule has 0 saturated carbocycles. The van der Waals surface area contributed by atoms with Crippen molar-refractivity contribution < 1.29 is 4.79 Å². The normalized spacial score (nSPS) is 12.2. The number of thioether (sulfide) groups is 1. The predicted molar refractivity (Wildman–Crippen MR) is 99.7 cm³/mol. The van der Waals surface area contributed by atoms with Crippen LogP contribution in [0.5, 0.6) is 0 Å². The molecule has 1 amide bonds. The Kier molecular flexibility index (Phi) is 7.21. The molecule has 1 unspecified atom stereocenters. The van der Waals surface area contributed by atoms with Crippen LogP contribution in [0, 0.1) is 0 Å². The minimum Gasteiger partial charge on any atom is -0.353 e. The second-order valence-electron chi connectivity index (χ2n) is 5.18. The number of carbonyl (C=O) groups is 1. The Morgan fingerprint density at radius 2 is 2.22 bits per heavy atom. The Morgan fingerprint density at radius 1 is 1.43 bits per heavy atom. The number of rotatable bonds is 7. The monoisotopic (exact) mass is 388 g/mol. The van der Waals surface area contributed by atoms with Crippen molar-refractivity contribution >= 4 is 52.2 Å². The van der Waals surface area contributed by atoms with Gasteiger partial charge in [0.2, 0.25) is 5.91 Å². The molecule has 7 heteroatoms. The molecule has 0 aliphatic rings. The molecule has 0 fully saturated rings. The van der Waals surface area contributed by atoms with Crippen LogP contribution in [0.4, 0.5) is 0 Å². The van der Waals surface area contributed by atoms with Gasteiger partial charge in [-0.1, -0.05) is 48.0 Å². The predicted octanol–water partition coefficient (Wildman–Crippen LogP) is 5.20. The molecule has 2 rings (SSSR count). The van der Waals surface area contributed by atoms with E-state index < -0.39 is 0 Å². The second kappa shape index (κ2) is 8.92. The molecule has 1 aromatic heterocycles. The van der Waals surface area contributed by atoms with Crippen LogP contribution in [0.1, 0.15) is 31.5 Å². The summed E-state index contributed by atoms with van der Waals surface area (Å²) in [5.74, 6) is 0.740. The number of aromatic nitrogens is 1. The number of halogens is 2. The van der Waals surface area contributed by atoms with Gasteiger partial charge in [0.25, 0.3) is 0 Å². The summed E-state index contributed by atoms with van der Waals surface area (Å²) in [6.45, 7) is 4.04. The molecular weight excluding hydrogens is 371 g/mol. The van der Waals surface area contributed by atoms with E-state index in [1.54, 1.807) is 29.2 Å². The fourth-order valence-corrected chi connectivity index (χ4v) is 4.21. The number of carbonyl (C=O) groups excluding carboxylic acids is 1. The maximum atomic E-state index is 11.9. The molecule has 0 saturated heterocycles. The lowest BCUT2D eigenvalue weighted by molar-refractivity contribution is -0.121. The van der Waals surface area contributed by atoms with Crippen molar-refractivity contribution in [3.8, 4) is 0 Å². The van der Waals surface area contributed by atoms with Gasteiger partial charge >= 0.3 is 0 Å². The van der Waals surface area contributed by atoms with Crippen LogP contribution in [0.25, 0.3) is 0 Å². The molecule has 2 aromatic rings. The Hall–Kier alpha value is -0.750. The Morgan fingerprint density at radius 3 is 2.91 bits per heavy atom. The molecule has 1 aromatic carbocycles. The van der Waals surface area contributed by atoms with E-state index in [1.165, 1.54) is 0 Å². The molecule has 1 heterocycles. The smallest absolute Gasteiger partial charge is 0.226 e. The van der Waals surface area contributed by atoms with Gasteiger partial charge in [-0.25, -0.2) is 4.98 Å². The van der Waals surface area contributed by atoms with Gasteiger partial charge in [0.1, 0.15) is 4.34 Å². The van der Waals surface area contributed by atoms with Gasteiger partial charge in [-0.05, 0) is 31.0 Å². The first kappa shape index (κ1) is 18.6. The molecule has 23 heavy (non-hydrogen) atoms. The molecular formula is C16H18Cl2N2OS2. The third kappa shape index (κ3) is 5.99. The van der Waals surface area contributed by atoms with E-state index in [0.717, 1.165) is 27.8 Å². The Labute approximate surface area is 154 Å². The largest absolute Gasteiger partial charge is 0.353 e. The molecule has 1 N–H and O–H groups in total. The molecule has 0 aliphatic heterocycles. The number of hydrogen-bond donors (Lipinski definition) is 1. The zero-order valence-electron chi connectivity index (χ0n) is 12.9. The SMILES string of the molecule is CCC(C)NC(=O)Cc1csc(SCc2ccc(Cl)cc2Cl)n1. The lowest BCUT2D eigenvalue weighted by atomic mass is 10.2. The summed E-state index contributed by atoms with van der Waals surface area (Å²) in [6.07, 6.45) is 1.24. The van der Waals surface area contributed by atoms with E-state index in [4.69, 9.17) is 23.2 Å². The summed E-state index contributed by atoms with van der Waals surface area (Å²) in [6, 6.07) is 5.69. The van der Waals surface area contributed by atoms with Crippen LogP contribution in [0.15, 0.2) is 27.9 Å². The highest BCUT2D eigenvalue weighted by Crippen LogP contribution is 2.30. The lowest BCUT2D eigenvalue weighted by Crippen LogP contribution is -2.33. The van der Waals surface area contributed by atoms with Crippen LogP contribution in [0.3, 0.4) is 0 Å². The van der Waals surface area contributed by atoms with Gasteiger partial charge in [-0.3, -0.25) is 4.79 Å². The molecule has 0 aliphatic carbocycles. The minimum absolute atomic E-state index is 0.0157. The van der Waals surface area contributed by atoms with Crippen LogP contribution in [0.2, 0.25) is 10.0 Å². The van der Waals surface area contributed by atoms with E-state index in [-0.39, 0.29) is 11.9 Å². The maximum Gasteiger partial charge on any atom is 0.226 e. The van der Waals surface area contributed by atoms with Crippen LogP contribution in [-0.2, 0) is 17.0 Å². The van der Waals surface area contributed by atoms with Crippen molar-refractivity contribution in [2.45, 2.75) is 42.8 Å². The number of nitrogens with zero attached hydrogens (tertiary/aromatic N) is 1. The highest BCUT2D eigenvalue weighted by molar-refractivity contribution is 8.00. The highest BCUT2D eigenvalue weighted by Gasteiger charge is 2.10. The van der Waals surface area contributed by atoms with Crippen molar-refractivity contribution in [1.29, 1.82) is 0 Å². The van der Waals surface area contributed by atoms with E-state index in [1.807, 2.05) is 31.4 Å². The molecule has 124 valence electrons. The fourth-order valence-electron chi connectivity index (χ4n) is 1.81. The molecule has 0 spiro atoms. The summed E-state index contributed by atoms with van der Waals surface area (Å²) in [5, 5.41) is 6.17. The van der Waals surface area contributed by atoms with Crippen molar-refractivity contribution in [3.05, 3.63) is 44.9 Å². The summed E-state index contributed by atoms with van der Waals surface area (Å²) in [5.41, 5.74) is 1.83. The second-order valence-corrected chi connectivity index (χ2v) is 8.11. The Balaban J connectivity index is 1.88. The fraction of sp³-hybridized carbons (Fsp3) is 0.375. The molecule has 3 nitrogen and oxygen atoms in total. The summed E-state index contributed by atoms with van der Waals surface area (Å²) < 4.78 is 0.933. The standard InChI is InChI=1S/C16H18Cl2N2OS2/c1-3-10(2)19-15(21)7-13-9-23-16(20-13)22-8-11-4-5-12(17)6-14(11)18/h4-6,9-10H,3,7-8H2,1-2H3,(H,19,21). The minimum atomic E-state index is 0.0157. The van der Waals surface area contributed by atoms with Crippen molar-refractivity contribution in [2.75, 3.05) is 0 Å². The average molecular weight is 389 g/mol. The number of nitrogens with one attached hydrogen (secondary N) is 1. The number of amides is 1. The van der Waals surface area contributed by atoms with Crippen molar-refractivity contribution in [3.63, 3.8) is 0 Å². The first-order valence-electron chi connectivity index (χ1n) is 7.28. The number of benzene rings is 1. The highest BCUT2D eigenvalue weighted by atomic mass is 35.5. The van der Waals surface area contributed by atoms with Gasteiger partial charge in [0.15, 0.2) is 0 Å². The van der Waals surface area contributed by atoms with E-state index in [2.05, 4.69) is 10.3 Å². The maximum absolute atomic E-state index is 11.9. The third-order valence-corrected chi connectivity index (χ3v) is 5.96. The van der Waals surface area contributed by atoms with Gasteiger partial charge in [-0.15, -0.1) is 11.3 Å². The van der Waals surface area contributed by atoms with E-state index in [0.29, 0.717) is 16.5 Å². The third-order valence-electron chi connectivity index (χ3n) is 3.26. The first-order chi connectivity index (χ1) is 11.0. The van der Waals surface area contributed by atoms with Gasteiger partial charge in [0, 0.05) is 27.2 Å². The quantitative estimate of drug-likeness (QED) is 0.662. The van der Waals surface area contributed by atoms with E-state index >= 15 is 0 Å². The zero-order valence-corrected chi connectivity index (χ0v) is 16.1. The lowest BCUT2D eigenvalue weighted by Gasteiger charge is -2.10. The summed E-state index contributed by atoms with van der Waals surface area (Å²) in [4.78, 5) is 16.4. The van der Waals surface area contributed by atoms with Crippen molar-refractivity contribution in [2.24, 2.45) is 0 Å². The molecule has 0 radical (unpaired) electrons. The first-order valence-corrected chi connectivity index (χ1v) is 9.90. The topological polar surface area (TPSA) is 42.0 Å². The molecule has 0 bridgehead atoms. The van der Waals surface area contributed by atoms with Gasteiger partial charge < -0.3 is 5.32 Å². The number of thiazole rings is 1. The van der Waals surface area contributed by atoms with Crippen LogP contribution in [-0.4, -0.2) is 16.9 Å².